The van der Waals surface area contributed by atoms with Crippen molar-refractivity contribution in [2.24, 2.45) is 0 Å². The van der Waals surface area contributed by atoms with Gasteiger partial charge >= 0.3 is 5.97 Å². The van der Waals surface area contributed by atoms with Gasteiger partial charge in [0.15, 0.2) is 0 Å². The Kier molecular flexibility index (Phi) is 5.18. The van der Waals surface area contributed by atoms with Crippen LogP contribution in [0.2, 0.25) is 0 Å². The molecule has 0 N–H and O–H groups in total. The summed E-state index contributed by atoms with van der Waals surface area (Å²) in [5.74, 6) is -0.164. The Bertz CT molecular complexity index is 1500. The monoisotopic (exact) mass is 467 g/mol. The molecule has 1 aliphatic rings. The number of esters is 1. The minimum atomic E-state index is -0.164. The first-order valence-corrected chi connectivity index (χ1v) is 12.6. The van der Waals surface area contributed by atoms with Crippen molar-refractivity contribution in [1.29, 1.82) is 0 Å². The normalized spacial score (nSPS) is 14.5. The number of aromatic nitrogens is 3. The van der Waals surface area contributed by atoms with E-state index in [9.17, 15) is 4.79 Å². The second-order valence-corrected chi connectivity index (χ2v) is 9.80. The van der Waals surface area contributed by atoms with Gasteiger partial charge in [-0.1, -0.05) is 41.7 Å². The summed E-state index contributed by atoms with van der Waals surface area (Å²) in [7, 11) is 0. The third kappa shape index (κ3) is 3.68. The minimum Gasteiger partial charge on any atom is -0.466 e. The van der Waals surface area contributed by atoms with Gasteiger partial charge in [-0.25, -0.2) is 9.97 Å². The maximum atomic E-state index is 11.7. The molecule has 0 saturated heterocycles. The van der Waals surface area contributed by atoms with Gasteiger partial charge < -0.3 is 9.30 Å². The highest BCUT2D eigenvalue weighted by molar-refractivity contribution is 7.21. The average Bonchev–Trinajstić information content (AvgIpc) is 3.41. The second kappa shape index (κ2) is 8.37. The van der Waals surface area contributed by atoms with Crippen LogP contribution in [-0.4, -0.2) is 27.1 Å². The Morgan fingerprint density at radius 1 is 1.06 bits per heavy atom. The van der Waals surface area contributed by atoms with Crippen molar-refractivity contribution in [1.82, 2.24) is 14.5 Å². The molecule has 170 valence electrons. The van der Waals surface area contributed by atoms with Gasteiger partial charge in [0, 0.05) is 34.6 Å². The van der Waals surface area contributed by atoms with E-state index in [0.29, 0.717) is 19.6 Å². The fourth-order valence-corrected chi connectivity index (χ4v) is 5.69. The first-order chi connectivity index (χ1) is 16.7. The van der Waals surface area contributed by atoms with Crippen LogP contribution in [-0.2, 0) is 21.5 Å². The Labute approximate surface area is 202 Å². The number of nitrogens with zero attached hydrogens (tertiary/aromatic N) is 3. The van der Waals surface area contributed by atoms with Gasteiger partial charge in [0.2, 0.25) is 0 Å². The summed E-state index contributed by atoms with van der Waals surface area (Å²) in [6.07, 6.45) is 4.68. The number of carbonyl (C=O) groups is 1. The SMILES string of the molecule is CCOC(=O)CCn1ccc2cc(-c3nc4ccc(C5(c6ccccc6)CC5)nc4s3)ccc21. The molecule has 0 amide bonds. The molecule has 3 heterocycles. The van der Waals surface area contributed by atoms with Crippen LogP contribution in [0.4, 0.5) is 0 Å². The van der Waals surface area contributed by atoms with Crippen LogP contribution in [0.1, 0.15) is 37.4 Å². The highest BCUT2D eigenvalue weighted by Crippen LogP contribution is 2.53. The standard InChI is InChI=1S/C28H25N3O2S/c1-2-33-25(32)13-17-31-16-12-19-18-20(8-10-23(19)31)26-29-22-9-11-24(30-27(22)34-26)28(14-15-28)21-6-4-3-5-7-21/h3-12,16,18H,2,13-15,17H2,1H3. The van der Waals surface area contributed by atoms with Crippen LogP contribution in [0.25, 0.3) is 31.8 Å². The lowest BCUT2D eigenvalue weighted by atomic mass is 9.92. The Morgan fingerprint density at radius 2 is 1.91 bits per heavy atom. The number of hydrogen-bond acceptors (Lipinski definition) is 5. The molecule has 0 atom stereocenters. The van der Waals surface area contributed by atoms with E-state index in [1.54, 1.807) is 11.3 Å². The lowest BCUT2D eigenvalue weighted by molar-refractivity contribution is -0.143. The Hall–Kier alpha value is -3.51. The molecule has 1 aliphatic carbocycles. The van der Waals surface area contributed by atoms with Crippen molar-refractivity contribution in [3.8, 4) is 10.6 Å². The van der Waals surface area contributed by atoms with Gasteiger partial charge in [0.25, 0.3) is 0 Å². The predicted molar refractivity (Wildman–Crippen MR) is 136 cm³/mol. The molecule has 34 heavy (non-hydrogen) atoms. The molecule has 0 unspecified atom stereocenters. The van der Waals surface area contributed by atoms with Crippen molar-refractivity contribution in [2.75, 3.05) is 6.61 Å². The maximum Gasteiger partial charge on any atom is 0.307 e. The van der Waals surface area contributed by atoms with Crippen molar-refractivity contribution in [2.45, 2.75) is 38.1 Å². The lowest BCUT2D eigenvalue weighted by Gasteiger charge is -2.14. The number of carbonyl (C=O) groups excluding carboxylic acids is 1. The van der Waals surface area contributed by atoms with Gasteiger partial charge in [-0.15, -0.1) is 0 Å². The molecular formula is C28H25N3O2S. The smallest absolute Gasteiger partial charge is 0.307 e. The van der Waals surface area contributed by atoms with E-state index in [1.807, 2.05) is 13.1 Å². The molecule has 0 radical (unpaired) electrons. The molecule has 0 bridgehead atoms. The molecule has 1 fully saturated rings. The van der Waals surface area contributed by atoms with E-state index in [0.717, 1.165) is 50.4 Å². The average molecular weight is 468 g/mol. The molecule has 1 saturated carbocycles. The Morgan fingerprint density at radius 3 is 2.71 bits per heavy atom. The third-order valence-corrected chi connectivity index (χ3v) is 7.72. The number of pyridine rings is 1. The number of ether oxygens (including phenoxy) is 1. The summed E-state index contributed by atoms with van der Waals surface area (Å²) in [5.41, 5.74) is 5.70. The summed E-state index contributed by atoms with van der Waals surface area (Å²) in [4.78, 5) is 22.7. The summed E-state index contributed by atoms with van der Waals surface area (Å²) in [6, 6.07) is 23.4. The van der Waals surface area contributed by atoms with Crippen LogP contribution < -0.4 is 0 Å². The number of fused-ring (bicyclic) bond motifs is 2. The fraction of sp³-hybridized carbons (Fsp3) is 0.250. The van der Waals surface area contributed by atoms with E-state index < -0.39 is 0 Å². The molecule has 5 aromatic rings. The van der Waals surface area contributed by atoms with E-state index in [-0.39, 0.29) is 11.4 Å². The summed E-state index contributed by atoms with van der Waals surface area (Å²) in [5, 5.41) is 2.11. The van der Waals surface area contributed by atoms with Crippen LogP contribution in [0, 0.1) is 0 Å². The highest BCUT2D eigenvalue weighted by Gasteiger charge is 2.47. The number of hydrogen-bond donors (Lipinski definition) is 0. The van der Waals surface area contributed by atoms with E-state index in [2.05, 4.69) is 71.3 Å². The Balaban J connectivity index is 1.28. The molecule has 2 aromatic carbocycles. The molecule has 5 nitrogen and oxygen atoms in total. The van der Waals surface area contributed by atoms with Gasteiger partial charge in [0.05, 0.1) is 18.7 Å². The third-order valence-electron chi connectivity index (χ3n) is 6.70. The molecule has 0 spiro atoms. The first-order valence-electron chi connectivity index (χ1n) is 11.7. The second-order valence-electron chi connectivity index (χ2n) is 8.83. The van der Waals surface area contributed by atoms with Crippen molar-refractivity contribution >= 4 is 38.6 Å². The van der Waals surface area contributed by atoms with Gasteiger partial charge in [-0.3, -0.25) is 4.79 Å². The van der Waals surface area contributed by atoms with Crippen LogP contribution in [0.3, 0.4) is 0 Å². The van der Waals surface area contributed by atoms with Gasteiger partial charge in [0.1, 0.15) is 15.4 Å². The predicted octanol–water partition coefficient (Wildman–Crippen LogP) is 6.35. The minimum absolute atomic E-state index is 0.0605. The molecular weight excluding hydrogens is 442 g/mol. The molecule has 6 rings (SSSR count). The van der Waals surface area contributed by atoms with Gasteiger partial charge in [-0.05, 0) is 61.7 Å². The van der Waals surface area contributed by atoms with Crippen LogP contribution >= 0.6 is 11.3 Å². The number of benzene rings is 2. The van der Waals surface area contributed by atoms with Crippen LogP contribution in [0.5, 0.6) is 0 Å². The first kappa shape index (κ1) is 21.1. The summed E-state index contributed by atoms with van der Waals surface area (Å²) >= 11 is 1.65. The quantitative estimate of drug-likeness (QED) is 0.262. The number of thiazole rings is 1. The van der Waals surface area contributed by atoms with E-state index >= 15 is 0 Å². The van der Waals surface area contributed by atoms with E-state index in [1.165, 1.54) is 5.56 Å². The topological polar surface area (TPSA) is 57.0 Å². The largest absolute Gasteiger partial charge is 0.466 e. The maximum absolute atomic E-state index is 11.7. The summed E-state index contributed by atoms with van der Waals surface area (Å²) in [6.45, 7) is 2.86. The fourth-order valence-electron chi connectivity index (χ4n) is 4.76. The number of aryl methyl sites for hydroxylation is 1. The van der Waals surface area contributed by atoms with E-state index in [4.69, 9.17) is 14.7 Å². The zero-order valence-corrected chi connectivity index (χ0v) is 19.8. The van der Waals surface area contributed by atoms with Crippen LogP contribution in [0.15, 0.2) is 72.9 Å². The summed E-state index contributed by atoms with van der Waals surface area (Å²) < 4.78 is 7.15. The molecule has 3 aromatic heterocycles. The lowest BCUT2D eigenvalue weighted by Crippen LogP contribution is -2.10. The van der Waals surface area contributed by atoms with Crippen molar-refractivity contribution in [3.63, 3.8) is 0 Å². The van der Waals surface area contributed by atoms with Gasteiger partial charge in [-0.2, -0.15) is 0 Å². The number of rotatable bonds is 7. The molecule has 0 aliphatic heterocycles. The zero-order chi connectivity index (χ0) is 23.1. The van der Waals surface area contributed by atoms with Crippen molar-refractivity contribution < 1.29 is 9.53 Å². The zero-order valence-electron chi connectivity index (χ0n) is 19.0. The van der Waals surface area contributed by atoms with Crippen molar-refractivity contribution in [3.05, 3.63) is 84.2 Å². The molecule has 6 heteroatoms. The highest BCUT2D eigenvalue weighted by atomic mass is 32.1.